The maximum atomic E-state index is 11.9. The molecule has 0 radical (unpaired) electrons. The Labute approximate surface area is 130 Å². The first kappa shape index (κ1) is 14.8. The first-order valence-corrected chi connectivity index (χ1v) is 7.67. The summed E-state index contributed by atoms with van der Waals surface area (Å²) < 4.78 is 1.82. The predicted octanol–water partition coefficient (Wildman–Crippen LogP) is 1.69. The van der Waals surface area contributed by atoms with E-state index in [9.17, 15) is 9.90 Å². The minimum atomic E-state index is -0.0339. The second kappa shape index (κ2) is 6.32. The molecule has 1 aromatic carbocycles. The van der Waals surface area contributed by atoms with Gasteiger partial charge in [0.15, 0.2) is 0 Å². The van der Waals surface area contributed by atoms with Crippen LogP contribution in [-0.4, -0.2) is 33.9 Å². The summed E-state index contributed by atoms with van der Waals surface area (Å²) in [6.07, 6.45) is 6.89. The van der Waals surface area contributed by atoms with Gasteiger partial charge in [-0.3, -0.25) is 4.79 Å². The normalized spacial score (nSPS) is 15.5. The standard InChI is InChI=1S/C17H21N3O2/c21-13-17(8-9-17)12-18-16(22)7-6-14-10-19-20(11-14)15-4-2-1-3-5-15/h1-5,10-11,21H,6-9,12-13H2,(H,18,22). The molecule has 0 bridgehead atoms. The number of carbonyl (C=O) groups is 1. The van der Waals surface area contributed by atoms with Crippen molar-refractivity contribution in [1.29, 1.82) is 0 Å². The molecule has 0 unspecified atom stereocenters. The van der Waals surface area contributed by atoms with Crippen LogP contribution >= 0.6 is 0 Å². The number of carbonyl (C=O) groups excluding carboxylic acids is 1. The fourth-order valence-corrected chi connectivity index (χ4v) is 2.41. The molecule has 5 nitrogen and oxygen atoms in total. The molecule has 2 N–H and O–H groups in total. The van der Waals surface area contributed by atoms with E-state index in [-0.39, 0.29) is 17.9 Å². The summed E-state index contributed by atoms with van der Waals surface area (Å²) in [5.74, 6) is 0.0344. The van der Waals surface area contributed by atoms with E-state index >= 15 is 0 Å². The topological polar surface area (TPSA) is 67.2 Å². The Hall–Kier alpha value is -2.14. The van der Waals surface area contributed by atoms with Crippen LogP contribution in [0, 0.1) is 5.41 Å². The van der Waals surface area contributed by atoms with Gasteiger partial charge >= 0.3 is 0 Å². The highest BCUT2D eigenvalue weighted by Crippen LogP contribution is 2.44. The number of benzene rings is 1. The second-order valence-corrected chi connectivity index (χ2v) is 6.06. The summed E-state index contributed by atoms with van der Waals surface area (Å²) in [4.78, 5) is 11.9. The molecule has 1 aliphatic carbocycles. The molecule has 0 atom stereocenters. The third-order valence-electron chi connectivity index (χ3n) is 4.25. The number of aryl methyl sites for hydroxylation is 1. The van der Waals surface area contributed by atoms with Gasteiger partial charge in [0.1, 0.15) is 0 Å². The summed E-state index contributed by atoms with van der Waals surface area (Å²) in [5, 5.41) is 16.5. The van der Waals surface area contributed by atoms with Crippen LogP contribution in [-0.2, 0) is 11.2 Å². The average molecular weight is 299 g/mol. The van der Waals surface area contributed by atoms with E-state index < -0.39 is 0 Å². The minimum absolute atomic E-state index is 0.0339. The molecular formula is C17H21N3O2. The number of amides is 1. The van der Waals surface area contributed by atoms with Crippen LogP contribution in [0.2, 0.25) is 0 Å². The monoisotopic (exact) mass is 299 g/mol. The number of aliphatic hydroxyl groups excluding tert-OH is 1. The van der Waals surface area contributed by atoms with Gasteiger partial charge < -0.3 is 10.4 Å². The SMILES string of the molecule is O=C(CCc1cnn(-c2ccccc2)c1)NCC1(CO)CC1. The molecule has 116 valence electrons. The Morgan fingerprint density at radius 1 is 1.32 bits per heavy atom. The summed E-state index contributed by atoms with van der Waals surface area (Å²) in [7, 11) is 0. The predicted molar refractivity (Wildman–Crippen MR) is 83.6 cm³/mol. The number of nitrogens with one attached hydrogen (secondary N) is 1. The lowest BCUT2D eigenvalue weighted by atomic mass is 10.1. The number of hydrogen-bond acceptors (Lipinski definition) is 3. The zero-order valence-electron chi connectivity index (χ0n) is 12.5. The van der Waals surface area contributed by atoms with Crippen molar-refractivity contribution < 1.29 is 9.90 Å². The molecule has 1 heterocycles. The van der Waals surface area contributed by atoms with E-state index in [2.05, 4.69) is 10.4 Å². The Kier molecular flexibility index (Phi) is 4.24. The van der Waals surface area contributed by atoms with Crippen molar-refractivity contribution in [2.45, 2.75) is 25.7 Å². The molecule has 1 saturated carbocycles. The smallest absolute Gasteiger partial charge is 0.220 e. The zero-order valence-corrected chi connectivity index (χ0v) is 12.5. The molecule has 1 fully saturated rings. The van der Waals surface area contributed by atoms with Crippen LogP contribution in [0.4, 0.5) is 0 Å². The summed E-state index contributed by atoms with van der Waals surface area (Å²) in [5.41, 5.74) is 2.02. The molecule has 22 heavy (non-hydrogen) atoms. The van der Waals surface area contributed by atoms with Gasteiger partial charge in [0.05, 0.1) is 18.5 Å². The fraction of sp³-hybridized carbons (Fsp3) is 0.412. The van der Waals surface area contributed by atoms with E-state index in [0.717, 1.165) is 24.1 Å². The molecule has 3 rings (SSSR count). The number of aromatic nitrogens is 2. The number of hydrogen-bond donors (Lipinski definition) is 2. The van der Waals surface area contributed by atoms with Crippen molar-refractivity contribution in [2.24, 2.45) is 5.41 Å². The highest BCUT2D eigenvalue weighted by atomic mass is 16.3. The van der Waals surface area contributed by atoms with Crippen molar-refractivity contribution >= 4 is 5.91 Å². The average Bonchev–Trinajstić information content (AvgIpc) is 3.20. The largest absolute Gasteiger partial charge is 0.396 e. The van der Waals surface area contributed by atoms with Crippen molar-refractivity contribution in [3.8, 4) is 5.69 Å². The molecule has 5 heteroatoms. The number of rotatable bonds is 7. The summed E-state index contributed by atoms with van der Waals surface area (Å²) in [6, 6.07) is 9.90. The van der Waals surface area contributed by atoms with E-state index in [1.54, 1.807) is 6.20 Å². The first-order valence-electron chi connectivity index (χ1n) is 7.67. The lowest BCUT2D eigenvalue weighted by Gasteiger charge is -2.12. The van der Waals surface area contributed by atoms with E-state index in [0.29, 0.717) is 19.4 Å². The number of para-hydroxylation sites is 1. The van der Waals surface area contributed by atoms with Gasteiger partial charge in [0.2, 0.25) is 5.91 Å². The van der Waals surface area contributed by atoms with Crippen molar-refractivity contribution in [2.75, 3.05) is 13.2 Å². The second-order valence-electron chi connectivity index (χ2n) is 6.06. The van der Waals surface area contributed by atoms with E-state index in [1.165, 1.54) is 0 Å². The van der Waals surface area contributed by atoms with Gasteiger partial charge in [-0.2, -0.15) is 5.10 Å². The van der Waals surface area contributed by atoms with Crippen molar-refractivity contribution in [3.63, 3.8) is 0 Å². The van der Waals surface area contributed by atoms with Gasteiger partial charge in [-0.15, -0.1) is 0 Å². The lowest BCUT2D eigenvalue weighted by Crippen LogP contribution is -2.31. The lowest BCUT2D eigenvalue weighted by molar-refractivity contribution is -0.121. The van der Waals surface area contributed by atoms with E-state index in [4.69, 9.17) is 0 Å². The fourth-order valence-electron chi connectivity index (χ4n) is 2.41. The molecule has 0 saturated heterocycles. The molecule has 1 amide bonds. The Balaban J connectivity index is 1.48. The third kappa shape index (κ3) is 3.54. The molecule has 2 aromatic rings. The van der Waals surface area contributed by atoms with Gasteiger partial charge in [0.25, 0.3) is 0 Å². The molecule has 0 aliphatic heterocycles. The van der Waals surface area contributed by atoms with Crippen LogP contribution in [0.15, 0.2) is 42.7 Å². The zero-order chi connectivity index (χ0) is 15.4. The Morgan fingerprint density at radius 2 is 2.09 bits per heavy atom. The van der Waals surface area contributed by atoms with Crippen LogP contribution in [0.25, 0.3) is 5.69 Å². The highest BCUT2D eigenvalue weighted by molar-refractivity contribution is 5.76. The van der Waals surface area contributed by atoms with Gasteiger partial charge in [0, 0.05) is 24.6 Å². The minimum Gasteiger partial charge on any atom is -0.396 e. The summed E-state index contributed by atoms with van der Waals surface area (Å²) >= 11 is 0. The highest BCUT2D eigenvalue weighted by Gasteiger charge is 2.41. The molecule has 1 aliphatic rings. The quantitative estimate of drug-likeness (QED) is 0.817. The molecule has 0 spiro atoms. The van der Waals surface area contributed by atoms with Crippen LogP contribution in [0.1, 0.15) is 24.8 Å². The van der Waals surface area contributed by atoms with Crippen LogP contribution in [0.5, 0.6) is 0 Å². The number of nitrogens with zero attached hydrogens (tertiary/aromatic N) is 2. The Morgan fingerprint density at radius 3 is 2.77 bits per heavy atom. The van der Waals surface area contributed by atoms with E-state index in [1.807, 2.05) is 41.2 Å². The van der Waals surface area contributed by atoms with Gasteiger partial charge in [-0.05, 0) is 37.0 Å². The first-order chi connectivity index (χ1) is 10.7. The van der Waals surface area contributed by atoms with Crippen LogP contribution < -0.4 is 5.32 Å². The summed E-state index contributed by atoms with van der Waals surface area (Å²) in [6.45, 7) is 0.753. The maximum Gasteiger partial charge on any atom is 0.220 e. The number of aliphatic hydroxyl groups is 1. The van der Waals surface area contributed by atoms with Gasteiger partial charge in [-0.25, -0.2) is 4.68 Å². The Bertz CT molecular complexity index is 632. The van der Waals surface area contributed by atoms with Crippen molar-refractivity contribution in [1.82, 2.24) is 15.1 Å². The maximum absolute atomic E-state index is 11.9. The van der Waals surface area contributed by atoms with Crippen molar-refractivity contribution in [3.05, 3.63) is 48.3 Å². The third-order valence-corrected chi connectivity index (χ3v) is 4.25. The van der Waals surface area contributed by atoms with Crippen LogP contribution in [0.3, 0.4) is 0 Å². The molecular weight excluding hydrogens is 278 g/mol. The molecule has 1 aromatic heterocycles. The van der Waals surface area contributed by atoms with Gasteiger partial charge in [-0.1, -0.05) is 18.2 Å².